The Morgan fingerprint density at radius 2 is 0.500 bits per heavy atom. The van der Waals surface area contributed by atoms with Crippen LogP contribution in [0.3, 0.4) is 0 Å². The van der Waals surface area contributed by atoms with Gasteiger partial charge in [0.25, 0.3) is 0 Å². The first-order valence-electron chi connectivity index (χ1n) is 22.6. The zero-order valence-electron chi connectivity index (χ0n) is 36.5. The van der Waals surface area contributed by atoms with Crippen LogP contribution in [0.1, 0.15) is 0 Å². The smallest absolute Gasteiger partial charge is 0.164 e. The second-order valence-electron chi connectivity index (χ2n) is 16.8. The highest BCUT2D eigenvalue weighted by Crippen LogP contribution is 2.40. The van der Waals surface area contributed by atoms with Gasteiger partial charge in [0.2, 0.25) is 0 Å². The first-order chi connectivity index (χ1) is 33.7. The molecule has 0 fully saturated rings. The number of para-hydroxylation sites is 2. The van der Waals surface area contributed by atoms with Gasteiger partial charge in [0, 0.05) is 66.3 Å². The Morgan fingerprint density at radius 3 is 0.853 bits per heavy atom. The van der Waals surface area contributed by atoms with Crippen LogP contribution in [-0.4, -0.2) is 39.0 Å². The Kier molecular flexibility index (Phi) is 9.31. The molecule has 13 rings (SSSR count). The summed E-state index contributed by atoms with van der Waals surface area (Å²) in [6.45, 7) is 0. The van der Waals surface area contributed by atoms with Crippen molar-refractivity contribution in [1.82, 2.24) is 39.0 Å². The van der Waals surface area contributed by atoms with Crippen molar-refractivity contribution in [2.75, 3.05) is 0 Å². The molecule has 4 heterocycles. The normalized spacial score (nSPS) is 11.5. The third kappa shape index (κ3) is 6.78. The largest absolute Gasteiger partial charge is 0.309 e. The second-order valence-corrected chi connectivity index (χ2v) is 16.8. The van der Waals surface area contributed by atoms with E-state index in [1.807, 2.05) is 121 Å². The summed E-state index contributed by atoms with van der Waals surface area (Å²) in [5.74, 6) is 3.71. The van der Waals surface area contributed by atoms with Gasteiger partial charge in [-0.15, -0.1) is 0 Å². The van der Waals surface area contributed by atoms with Crippen molar-refractivity contribution in [3.63, 3.8) is 0 Å². The second kappa shape index (κ2) is 16.2. The third-order valence-electron chi connectivity index (χ3n) is 12.6. The summed E-state index contributed by atoms with van der Waals surface area (Å²) < 4.78 is 4.73. The summed E-state index contributed by atoms with van der Waals surface area (Å²) in [6.07, 6.45) is 0. The first kappa shape index (κ1) is 39.0. The SMILES string of the molecule is c1ccc(-c2nc(-c3ccccc3)nc(-c3cccc(-n4c5ccccc5c5cc6c7ccccc7n(-c7cccc(-c8nc(-c9ccccc9)nc(-c9ccccc9)n8)c7)c6cc54)c3)n2)cc1. The van der Waals surface area contributed by atoms with Gasteiger partial charge in [0.15, 0.2) is 34.9 Å². The topological polar surface area (TPSA) is 87.2 Å². The number of fused-ring (bicyclic) bond motifs is 6. The fraction of sp³-hybridized carbons (Fsp3) is 0. The fourth-order valence-corrected chi connectivity index (χ4v) is 9.43. The summed E-state index contributed by atoms with van der Waals surface area (Å²) >= 11 is 0. The lowest BCUT2D eigenvalue weighted by Gasteiger charge is -2.13. The average molecular weight is 871 g/mol. The number of rotatable bonds is 8. The third-order valence-corrected chi connectivity index (χ3v) is 12.6. The average Bonchev–Trinajstić information content (AvgIpc) is 3.93. The molecule has 0 N–H and O–H groups in total. The Bertz CT molecular complexity index is 3640. The summed E-state index contributed by atoms with van der Waals surface area (Å²) in [7, 11) is 0. The number of nitrogens with zero attached hydrogens (tertiary/aromatic N) is 8. The molecule has 13 aromatic rings. The number of aromatic nitrogens is 8. The van der Waals surface area contributed by atoms with Gasteiger partial charge in [-0.05, 0) is 48.5 Å². The predicted octanol–water partition coefficient (Wildman–Crippen LogP) is 14.3. The minimum atomic E-state index is 0.604. The van der Waals surface area contributed by atoms with Gasteiger partial charge in [-0.3, -0.25) is 0 Å². The number of hydrogen-bond acceptors (Lipinski definition) is 6. The first-order valence-corrected chi connectivity index (χ1v) is 22.6. The van der Waals surface area contributed by atoms with E-state index in [0.717, 1.165) is 66.8 Å². The lowest BCUT2D eigenvalue weighted by molar-refractivity contribution is 1.07. The van der Waals surface area contributed by atoms with E-state index in [1.165, 1.54) is 21.5 Å². The Morgan fingerprint density at radius 1 is 0.206 bits per heavy atom. The van der Waals surface area contributed by atoms with Crippen molar-refractivity contribution in [2.45, 2.75) is 0 Å². The summed E-state index contributed by atoms with van der Waals surface area (Å²) in [6, 6.07) is 79.5. The Labute approximate surface area is 391 Å². The minimum Gasteiger partial charge on any atom is -0.309 e. The Hall–Kier alpha value is -9.40. The lowest BCUT2D eigenvalue weighted by atomic mass is 10.1. The molecule has 0 aliphatic heterocycles. The van der Waals surface area contributed by atoms with E-state index in [4.69, 9.17) is 29.9 Å². The highest BCUT2D eigenvalue weighted by molar-refractivity contribution is 6.19. The maximum absolute atomic E-state index is 5.08. The summed E-state index contributed by atoms with van der Waals surface area (Å²) in [4.78, 5) is 30.2. The van der Waals surface area contributed by atoms with Crippen molar-refractivity contribution in [2.24, 2.45) is 0 Å². The van der Waals surface area contributed by atoms with E-state index < -0.39 is 0 Å². The van der Waals surface area contributed by atoms with E-state index in [-0.39, 0.29) is 0 Å². The van der Waals surface area contributed by atoms with Gasteiger partial charge in [0.1, 0.15) is 0 Å². The van der Waals surface area contributed by atoms with E-state index in [0.29, 0.717) is 34.9 Å². The van der Waals surface area contributed by atoms with Crippen LogP contribution >= 0.6 is 0 Å². The van der Waals surface area contributed by atoms with Crippen molar-refractivity contribution < 1.29 is 0 Å². The molecule has 4 aromatic heterocycles. The molecular formula is C60H38N8. The molecule has 0 amide bonds. The highest BCUT2D eigenvalue weighted by Gasteiger charge is 2.21. The zero-order chi connectivity index (χ0) is 45.0. The highest BCUT2D eigenvalue weighted by atomic mass is 15.1. The van der Waals surface area contributed by atoms with E-state index in [2.05, 4.69) is 118 Å². The molecule has 8 nitrogen and oxygen atoms in total. The molecule has 0 radical (unpaired) electrons. The molecule has 0 unspecified atom stereocenters. The van der Waals surface area contributed by atoms with Crippen molar-refractivity contribution in [3.05, 3.63) is 231 Å². The minimum absolute atomic E-state index is 0.604. The van der Waals surface area contributed by atoms with Gasteiger partial charge in [-0.25, -0.2) is 29.9 Å². The van der Waals surface area contributed by atoms with Crippen LogP contribution in [0.2, 0.25) is 0 Å². The van der Waals surface area contributed by atoms with Gasteiger partial charge in [0.05, 0.1) is 22.1 Å². The van der Waals surface area contributed by atoms with E-state index in [1.54, 1.807) is 0 Å². The van der Waals surface area contributed by atoms with Crippen LogP contribution in [0.4, 0.5) is 0 Å². The molecule has 9 aromatic carbocycles. The lowest BCUT2D eigenvalue weighted by Crippen LogP contribution is -2.01. The molecule has 0 spiro atoms. The van der Waals surface area contributed by atoms with Crippen LogP contribution in [0, 0.1) is 0 Å². The van der Waals surface area contributed by atoms with Gasteiger partial charge in [-0.2, -0.15) is 0 Å². The standard InChI is InChI=1S/C60H38N8/c1-5-19-39(20-6-1)55-61-56(40-21-7-2-8-22-40)64-59(63-55)43-27-17-29-45(35-43)67-51-33-15-13-31-47(51)49-37-50-48-32-14-16-34-52(48)68(54(50)38-53(49)67)46-30-18-28-44(36-46)60-65-57(41-23-9-3-10-24-41)62-58(66-60)42-25-11-4-12-26-42/h1-38H. The van der Waals surface area contributed by atoms with Gasteiger partial charge >= 0.3 is 0 Å². The number of benzene rings is 9. The monoisotopic (exact) mass is 870 g/mol. The predicted molar refractivity (Wildman–Crippen MR) is 275 cm³/mol. The van der Waals surface area contributed by atoms with Crippen LogP contribution in [0.25, 0.3) is 123 Å². The van der Waals surface area contributed by atoms with Crippen molar-refractivity contribution >= 4 is 43.6 Å². The van der Waals surface area contributed by atoms with Crippen molar-refractivity contribution in [3.8, 4) is 79.7 Å². The van der Waals surface area contributed by atoms with Gasteiger partial charge in [-0.1, -0.05) is 182 Å². The van der Waals surface area contributed by atoms with Gasteiger partial charge < -0.3 is 9.13 Å². The maximum atomic E-state index is 5.08. The van der Waals surface area contributed by atoms with Crippen LogP contribution in [0.15, 0.2) is 231 Å². The molecule has 318 valence electrons. The number of hydrogen-bond donors (Lipinski definition) is 0. The van der Waals surface area contributed by atoms with E-state index in [9.17, 15) is 0 Å². The fourth-order valence-electron chi connectivity index (χ4n) is 9.43. The van der Waals surface area contributed by atoms with E-state index >= 15 is 0 Å². The molecule has 0 atom stereocenters. The van der Waals surface area contributed by atoms with Crippen LogP contribution in [0.5, 0.6) is 0 Å². The quantitative estimate of drug-likeness (QED) is 0.151. The molecular weight excluding hydrogens is 833 g/mol. The molecule has 0 saturated heterocycles. The zero-order valence-corrected chi connectivity index (χ0v) is 36.5. The molecule has 0 saturated carbocycles. The maximum Gasteiger partial charge on any atom is 0.164 e. The molecule has 0 aliphatic rings. The summed E-state index contributed by atoms with van der Waals surface area (Å²) in [5, 5.41) is 4.68. The molecule has 68 heavy (non-hydrogen) atoms. The molecule has 0 bridgehead atoms. The van der Waals surface area contributed by atoms with Crippen LogP contribution < -0.4 is 0 Å². The molecule has 0 aliphatic carbocycles. The molecule has 8 heteroatoms. The Balaban J connectivity index is 0.996. The van der Waals surface area contributed by atoms with Crippen molar-refractivity contribution in [1.29, 1.82) is 0 Å². The summed E-state index contributed by atoms with van der Waals surface area (Å²) in [5.41, 5.74) is 11.9. The van der Waals surface area contributed by atoms with Crippen LogP contribution in [-0.2, 0) is 0 Å².